The topological polar surface area (TPSA) is 17.1 Å². The van der Waals surface area contributed by atoms with Gasteiger partial charge in [-0.3, -0.25) is 4.79 Å². The van der Waals surface area contributed by atoms with Gasteiger partial charge in [0.1, 0.15) is 5.78 Å². The van der Waals surface area contributed by atoms with Gasteiger partial charge in [-0.05, 0) is 79.4 Å². The predicted molar refractivity (Wildman–Crippen MR) is 85.9 cm³/mol. The zero-order chi connectivity index (χ0) is 14.7. The Kier molecular flexibility index (Phi) is 3.14. The molecular weight excluding hydrogens is 256 g/mol. The molecule has 0 saturated heterocycles. The highest BCUT2D eigenvalue weighted by Gasteiger charge is 2.57. The van der Waals surface area contributed by atoms with Crippen molar-refractivity contribution in [1.29, 1.82) is 0 Å². The first-order valence-electron chi connectivity index (χ1n) is 9.28. The minimum atomic E-state index is 0.472. The number of rotatable bonds is 1. The summed E-state index contributed by atoms with van der Waals surface area (Å²) in [4.78, 5) is 11.9. The van der Waals surface area contributed by atoms with Crippen LogP contribution in [0.4, 0.5) is 0 Å². The number of hydrogen-bond donors (Lipinski definition) is 0. The number of carbonyl (C=O) groups is 1. The van der Waals surface area contributed by atoms with Crippen molar-refractivity contribution >= 4 is 5.78 Å². The number of Topliss-reactive ketones (excluding diaryl/α,β-unsaturated/α-hetero) is 1. The molecule has 3 fully saturated rings. The molecule has 116 valence electrons. The van der Waals surface area contributed by atoms with Crippen LogP contribution >= 0.6 is 0 Å². The number of allylic oxidation sites excluding steroid dienone is 2. The first-order chi connectivity index (χ1) is 10.1. The molecule has 0 N–H and O–H groups in total. The van der Waals surface area contributed by atoms with E-state index < -0.39 is 0 Å². The van der Waals surface area contributed by atoms with E-state index in [2.05, 4.69) is 26.0 Å². The second-order valence-electron chi connectivity index (χ2n) is 8.66. The summed E-state index contributed by atoms with van der Waals surface area (Å²) in [6.07, 6.45) is 16.2. The fourth-order valence-electron chi connectivity index (χ4n) is 6.91. The van der Waals surface area contributed by atoms with Crippen LogP contribution in [0.5, 0.6) is 0 Å². The lowest BCUT2D eigenvalue weighted by Crippen LogP contribution is -2.53. The first-order valence-corrected chi connectivity index (χ1v) is 9.28. The molecule has 0 aromatic rings. The SMILES string of the molecule is CC[C@@]12C=CC[C@H]1[C@@H]1CC[C@H]3CC(=O)CC[C@]3(C)[C@H]1CC2. The van der Waals surface area contributed by atoms with Crippen molar-refractivity contribution < 1.29 is 4.79 Å². The third-order valence-electron chi connectivity index (χ3n) is 8.24. The van der Waals surface area contributed by atoms with Crippen LogP contribution in [0.3, 0.4) is 0 Å². The van der Waals surface area contributed by atoms with Gasteiger partial charge < -0.3 is 0 Å². The Bertz CT molecular complexity index is 478. The molecule has 0 amide bonds. The second-order valence-corrected chi connectivity index (χ2v) is 8.66. The molecule has 0 aromatic heterocycles. The minimum Gasteiger partial charge on any atom is -0.300 e. The van der Waals surface area contributed by atoms with Gasteiger partial charge in [-0.2, -0.15) is 0 Å². The van der Waals surface area contributed by atoms with Crippen LogP contribution in [0.15, 0.2) is 12.2 Å². The van der Waals surface area contributed by atoms with Gasteiger partial charge in [-0.15, -0.1) is 0 Å². The molecule has 4 rings (SSSR count). The van der Waals surface area contributed by atoms with Gasteiger partial charge in [0.2, 0.25) is 0 Å². The Balaban J connectivity index is 1.64. The van der Waals surface area contributed by atoms with Crippen molar-refractivity contribution in [2.75, 3.05) is 0 Å². The monoisotopic (exact) mass is 286 g/mol. The lowest BCUT2D eigenvalue weighted by molar-refractivity contribution is -0.137. The third-order valence-corrected chi connectivity index (χ3v) is 8.24. The fourth-order valence-corrected chi connectivity index (χ4v) is 6.91. The molecule has 4 aliphatic carbocycles. The fraction of sp³-hybridized carbons (Fsp3) is 0.850. The summed E-state index contributed by atoms with van der Waals surface area (Å²) < 4.78 is 0. The Morgan fingerprint density at radius 1 is 1.19 bits per heavy atom. The number of carbonyl (C=O) groups excluding carboxylic acids is 1. The van der Waals surface area contributed by atoms with E-state index in [1.54, 1.807) is 0 Å². The quantitative estimate of drug-likeness (QED) is 0.609. The number of fused-ring (bicyclic) bond motifs is 5. The summed E-state index contributed by atoms with van der Waals surface area (Å²) in [6, 6.07) is 0. The average Bonchev–Trinajstić information content (AvgIpc) is 2.92. The molecule has 0 aromatic carbocycles. The van der Waals surface area contributed by atoms with Crippen LogP contribution in [-0.2, 0) is 4.79 Å². The van der Waals surface area contributed by atoms with E-state index in [4.69, 9.17) is 0 Å². The molecule has 21 heavy (non-hydrogen) atoms. The van der Waals surface area contributed by atoms with Crippen LogP contribution in [0.1, 0.15) is 71.6 Å². The van der Waals surface area contributed by atoms with Crippen molar-refractivity contribution in [3.05, 3.63) is 12.2 Å². The number of hydrogen-bond acceptors (Lipinski definition) is 1. The summed E-state index contributed by atoms with van der Waals surface area (Å²) in [5.74, 6) is 3.98. The smallest absolute Gasteiger partial charge is 0.133 e. The van der Waals surface area contributed by atoms with Crippen molar-refractivity contribution in [3.8, 4) is 0 Å². The summed E-state index contributed by atoms with van der Waals surface area (Å²) in [5.41, 5.74) is 1.01. The molecule has 0 unspecified atom stereocenters. The van der Waals surface area contributed by atoms with Gasteiger partial charge in [0.15, 0.2) is 0 Å². The van der Waals surface area contributed by atoms with Crippen LogP contribution in [-0.4, -0.2) is 5.78 Å². The normalized spacial score (nSPS) is 52.2. The highest BCUT2D eigenvalue weighted by atomic mass is 16.1. The van der Waals surface area contributed by atoms with Crippen molar-refractivity contribution in [3.63, 3.8) is 0 Å². The van der Waals surface area contributed by atoms with Gasteiger partial charge in [-0.1, -0.05) is 26.0 Å². The summed E-state index contributed by atoms with van der Waals surface area (Å²) in [5, 5.41) is 0. The third kappa shape index (κ3) is 1.85. The molecule has 6 atom stereocenters. The molecule has 0 spiro atoms. The molecule has 1 nitrogen and oxygen atoms in total. The first kappa shape index (κ1) is 14.0. The maximum Gasteiger partial charge on any atom is 0.133 e. The molecule has 1 heteroatoms. The van der Waals surface area contributed by atoms with Crippen LogP contribution in [0.25, 0.3) is 0 Å². The lowest BCUT2D eigenvalue weighted by Gasteiger charge is -2.60. The minimum absolute atomic E-state index is 0.472. The Morgan fingerprint density at radius 2 is 2.05 bits per heavy atom. The van der Waals surface area contributed by atoms with Gasteiger partial charge in [0, 0.05) is 12.8 Å². The summed E-state index contributed by atoms with van der Waals surface area (Å²) >= 11 is 0. The largest absolute Gasteiger partial charge is 0.300 e. The number of ketones is 1. The molecule has 0 radical (unpaired) electrons. The molecule has 3 saturated carbocycles. The van der Waals surface area contributed by atoms with Crippen molar-refractivity contribution in [2.24, 2.45) is 34.5 Å². The van der Waals surface area contributed by atoms with Gasteiger partial charge in [-0.25, -0.2) is 0 Å². The molecule has 0 aliphatic heterocycles. The zero-order valence-corrected chi connectivity index (χ0v) is 13.7. The predicted octanol–water partition coefficient (Wildman–Crippen LogP) is 5.15. The van der Waals surface area contributed by atoms with Gasteiger partial charge in [0.25, 0.3) is 0 Å². The van der Waals surface area contributed by atoms with Crippen molar-refractivity contribution in [1.82, 2.24) is 0 Å². The highest BCUT2D eigenvalue weighted by molar-refractivity contribution is 5.79. The standard InChI is InChI=1S/C20H30O/c1-3-20-10-4-5-18(20)16-7-6-14-13-15(21)8-11-19(14,2)17(16)9-12-20/h4,10,14,16-18H,3,5-9,11-13H2,1-2H3/t14-,16+,17-,18-,19-,20-/m0/s1. The van der Waals surface area contributed by atoms with E-state index in [-0.39, 0.29) is 0 Å². The van der Waals surface area contributed by atoms with E-state index in [0.29, 0.717) is 22.5 Å². The van der Waals surface area contributed by atoms with Crippen LogP contribution in [0.2, 0.25) is 0 Å². The lowest BCUT2D eigenvalue weighted by atomic mass is 9.45. The second kappa shape index (κ2) is 4.70. The van der Waals surface area contributed by atoms with E-state index in [1.807, 2.05) is 0 Å². The van der Waals surface area contributed by atoms with E-state index in [9.17, 15) is 4.79 Å². The summed E-state index contributed by atoms with van der Waals surface area (Å²) in [6.45, 7) is 4.94. The Morgan fingerprint density at radius 3 is 2.86 bits per heavy atom. The van der Waals surface area contributed by atoms with Crippen molar-refractivity contribution in [2.45, 2.75) is 71.6 Å². The Labute approximate surface area is 129 Å². The van der Waals surface area contributed by atoms with Gasteiger partial charge >= 0.3 is 0 Å². The highest BCUT2D eigenvalue weighted by Crippen LogP contribution is 2.65. The molecule has 0 bridgehead atoms. The van der Waals surface area contributed by atoms with E-state index in [1.165, 1.54) is 44.9 Å². The maximum atomic E-state index is 11.9. The molecular formula is C20H30O. The van der Waals surface area contributed by atoms with Gasteiger partial charge in [0.05, 0.1) is 0 Å². The summed E-state index contributed by atoms with van der Waals surface area (Å²) in [7, 11) is 0. The van der Waals surface area contributed by atoms with E-state index >= 15 is 0 Å². The van der Waals surface area contributed by atoms with Crippen LogP contribution in [0, 0.1) is 34.5 Å². The Hall–Kier alpha value is -0.590. The van der Waals surface area contributed by atoms with E-state index in [0.717, 1.165) is 30.6 Å². The average molecular weight is 286 g/mol. The molecule has 0 heterocycles. The molecule has 4 aliphatic rings. The zero-order valence-electron chi connectivity index (χ0n) is 13.7. The van der Waals surface area contributed by atoms with Crippen LogP contribution < -0.4 is 0 Å². The maximum absolute atomic E-state index is 11.9.